The standard InChI is InChI=1S/C12H17N3O3/c1-15(2)12(17)8-4-5-10(9(13)6-8)14-7-11(16)18-3/h4-6,14H,7,13H2,1-3H3. The average Bonchev–Trinajstić information content (AvgIpc) is 2.35. The fraction of sp³-hybridized carbons (Fsp3) is 0.333. The summed E-state index contributed by atoms with van der Waals surface area (Å²) in [4.78, 5) is 24.1. The number of nitrogens with two attached hydrogens (primary N) is 1. The van der Waals surface area contributed by atoms with Gasteiger partial charge in [-0.25, -0.2) is 0 Å². The Hall–Kier alpha value is -2.24. The van der Waals surface area contributed by atoms with Crippen LogP contribution in [0, 0.1) is 0 Å². The number of hydrogen-bond donors (Lipinski definition) is 2. The number of benzene rings is 1. The highest BCUT2D eigenvalue weighted by atomic mass is 16.5. The van der Waals surface area contributed by atoms with Crippen LogP contribution >= 0.6 is 0 Å². The molecule has 0 unspecified atom stereocenters. The minimum Gasteiger partial charge on any atom is -0.468 e. The molecular weight excluding hydrogens is 234 g/mol. The Morgan fingerprint density at radius 1 is 1.39 bits per heavy atom. The number of anilines is 2. The molecule has 0 saturated carbocycles. The number of esters is 1. The fourth-order valence-electron chi connectivity index (χ4n) is 1.35. The number of amides is 1. The summed E-state index contributed by atoms with van der Waals surface area (Å²) in [6.45, 7) is 0.0294. The third-order valence-corrected chi connectivity index (χ3v) is 2.36. The maximum absolute atomic E-state index is 11.7. The fourth-order valence-corrected chi connectivity index (χ4v) is 1.35. The average molecular weight is 251 g/mol. The van der Waals surface area contributed by atoms with Crippen LogP contribution in [-0.2, 0) is 9.53 Å². The zero-order chi connectivity index (χ0) is 13.7. The minimum absolute atomic E-state index is 0.0294. The van der Waals surface area contributed by atoms with Gasteiger partial charge in [-0.15, -0.1) is 0 Å². The lowest BCUT2D eigenvalue weighted by atomic mass is 10.1. The number of carbonyl (C=O) groups excluding carboxylic acids is 2. The molecule has 0 bridgehead atoms. The van der Waals surface area contributed by atoms with Crippen molar-refractivity contribution in [1.29, 1.82) is 0 Å². The first-order chi connectivity index (χ1) is 8.45. The van der Waals surface area contributed by atoms with E-state index in [2.05, 4.69) is 10.1 Å². The zero-order valence-corrected chi connectivity index (χ0v) is 10.7. The van der Waals surface area contributed by atoms with E-state index >= 15 is 0 Å². The van der Waals surface area contributed by atoms with Gasteiger partial charge in [-0.2, -0.15) is 0 Å². The van der Waals surface area contributed by atoms with E-state index in [1.165, 1.54) is 12.0 Å². The van der Waals surface area contributed by atoms with Crippen LogP contribution in [0.25, 0.3) is 0 Å². The monoisotopic (exact) mass is 251 g/mol. The maximum atomic E-state index is 11.7. The third kappa shape index (κ3) is 3.38. The molecule has 1 aromatic carbocycles. The molecule has 1 rings (SSSR count). The Bertz CT molecular complexity index is 458. The van der Waals surface area contributed by atoms with Gasteiger partial charge in [0.05, 0.1) is 18.5 Å². The van der Waals surface area contributed by atoms with Crippen molar-refractivity contribution >= 4 is 23.3 Å². The molecular formula is C12H17N3O3. The Morgan fingerprint density at radius 2 is 2.06 bits per heavy atom. The molecule has 0 aliphatic rings. The second-order valence-electron chi connectivity index (χ2n) is 3.93. The van der Waals surface area contributed by atoms with E-state index < -0.39 is 0 Å². The van der Waals surface area contributed by atoms with Gasteiger partial charge in [0, 0.05) is 19.7 Å². The summed E-state index contributed by atoms with van der Waals surface area (Å²) in [5, 5.41) is 2.83. The van der Waals surface area contributed by atoms with Crippen molar-refractivity contribution < 1.29 is 14.3 Å². The van der Waals surface area contributed by atoms with Gasteiger partial charge in [0.15, 0.2) is 0 Å². The molecule has 0 aliphatic carbocycles. The first-order valence-corrected chi connectivity index (χ1v) is 5.37. The first-order valence-electron chi connectivity index (χ1n) is 5.37. The van der Waals surface area contributed by atoms with Crippen molar-refractivity contribution in [3.05, 3.63) is 23.8 Å². The number of ether oxygens (including phenoxy) is 1. The van der Waals surface area contributed by atoms with E-state index in [1.54, 1.807) is 32.3 Å². The van der Waals surface area contributed by atoms with E-state index in [-0.39, 0.29) is 18.4 Å². The van der Waals surface area contributed by atoms with E-state index in [4.69, 9.17) is 5.73 Å². The van der Waals surface area contributed by atoms with Crippen LogP contribution < -0.4 is 11.1 Å². The van der Waals surface area contributed by atoms with Crippen molar-refractivity contribution in [1.82, 2.24) is 4.90 Å². The van der Waals surface area contributed by atoms with Crippen LogP contribution in [0.3, 0.4) is 0 Å². The summed E-state index contributed by atoms with van der Waals surface area (Å²) in [7, 11) is 4.65. The lowest BCUT2D eigenvalue weighted by Crippen LogP contribution is -2.22. The van der Waals surface area contributed by atoms with Crippen LogP contribution in [0.15, 0.2) is 18.2 Å². The Labute approximate surface area is 106 Å². The van der Waals surface area contributed by atoms with E-state index in [9.17, 15) is 9.59 Å². The maximum Gasteiger partial charge on any atom is 0.325 e. The SMILES string of the molecule is COC(=O)CNc1ccc(C(=O)N(C)C)cc1N. The topological polar surface area (TPSA) is 84.7 Å². The molecule has 0 radical (unpaired) electrons. The van der Waals surface area contributed by atoms with Gasteiger partial charge in [0.2, 0.25) is 0 Å². The molecule has 0 spiro atoms. The number of nitrogens with one attached hydrogen (secondary N) is 1. The second-order valence-corrected chi connectivity index (χ2v) is 3.93. The van der Waals surface area contributed by atoms with Gasteiger partial charge in [0.1, 0.15) is 6.54 Å². The number of nitrogen functional groups attached to an aromatic ring is 1. The number of methoxy groups -OCH3 is 1. The van der Waals surface area contributed by atoms with Gasteiger partial charge in [-0.05, 0) is 18.2 Å². The largest absolute Gasteiger partial charge is 0.468 e. The van der Waals surface area contributed by atoms with Crippen molar-refractivity contribution in [3.63, 3.8) is 0 Å². The predicted octanol–water partition coefficient (Wildman–Crippen LogP) is 0.555. The quantitative estimate of drug-likeness (QED) is 0.603. The molecule has 18 heavy (non-hydrogen) atoms. The summed E-state index contributed by atoms with van der Waals surface area (Å²) in [6.07, 6.45) is 0. The number of nitrogens with zero attached hydrogens (tertiary/aromatic N) is 1. The molecule has 6 heteroatoms. The highest BCUT2D eigenvalue weighted by Crippen LogP contribution is 2.20. The first kappa shape index (κ1) is 13.8. The predicted molar refractivity (Wildman–Crippen MR) is 69.4 cm³/mol. The Kier molecular flexibility index (Phi) is 4.53. The van der Waals surface area contributed by atoms with Gasteiger partial charge in [0.25, 0.3) is 5.91 Å². The third-order valence-electron chi connectivity index (χ3n) is 2.36. The molecule has 6 nitrogen and oxygen atoms in total. The summed E-state index contributed by atoms with van der Waals surface area (Å²) in [6, 6.07) is 4.88. The van der Waals surface area contributed by atoms with Crippen molar-refractivity contribution in [2.75, 3.05) is 38.8 Å². The minimum atomic E-state index is -0.386. The van der Waals surface area contributed by atoms with E-state index in [0.29, 0.717) is 16.9 Å². The molecule has 0 aliphatic heterocycles. The van der Waals surface area contributed by atoms with Crippen LogP contribution in [0.1, 0.15) is 10.4 Å². The van der Waals surface area contributed by atoms with Crippen molar-refractivity contribution in [3.8, 4) is 0 Å². The highest BCUT2D eigenvalue weighted by Gasteiger charge is 2.10. The normalized spacial score (nSPS) is 9.72. The van der Waals surface area contributed by atoms with Gasteiger partial charge < -0.3 is 20.7 Å². The smallest absolute Gasteiger partial charge is 0.325 e. The Morgan fingerprint density at radius 3 is 2.56 bits per heavy atom. The molecule has 0 heterocycles. The lowest BCUT2D eigenvalue weighted by molar-refractivity contribution is -0.138. The number of hydrogen-bond acceptors (Lipinski definition) is 5. The second kappa shape index (κ2) is 5.90. The van der Waals surface area contributed by atoms with Crippen LogP contribution in [-0.4, -0.2) is 44.5 Å². The van der Waals surface area contributed by atoms with E-state index in [1.807, 2.05) is 0 Å². The summed E-state index contributed by atoms with van der Waals surface area (Å²) < 4.78 is 4.50. The number of rotatable bonds is 4. The molecule has 0 atom stereocenters. The highest BCUT2D eigenvalue weighted by molar-refractivity contribution is 5.96. The molecule has 0 aromatic heterocycles. The van der Waals surface area contributed by atoms with Crippen LogP contribution in [0.5, 0.6) is 0 Å². The lowest BCUT2D eigenvalue weighted by Gasteiger charge is -2.13. The Balaban J connectivity index is 2.80. The molecule has 3 N–H and O–H groups in total. The molecule has 0 saturated heterocycles. The summed E-state index contributed by atoms with van der Waals surface area (Å²) in [5.74, 6) is -0.510. The van der Waals surface area contributed by atoms with Crippen molar-refractivity contribution in [2.24, 2.45) is 0 Å². The van der Waals surface area contributed by atoms with Gasteiger partial charge in [-0.1, -0.05) is 0 Å². The van der Waals surface area contributed by atoms with Gasteiger partial charge in [-0.3, -0.25) is 9.59 Å². The molecule has 98 valence electrons. The molecule has 0 fully saturated rings. The summed E-state index contributed by atoms with van der Waals surface area (Å²) >= 11 is 0. The van der Waals surface area contributed by atoms with Crippen LogP contribution in [0.4, 0.5) is 11.4 Å². The summed E-state index contributed by atoms with van der Waals surface area (Å²) in [5.41, 5.74) is 7.30. The van der Waals surface area contributed by atoms with Crippen LogP contribution in [0.2, 0.25) is 0 Å². The van der Waals surface area contributed by atoms with Crippen molar-refractivity contribution in [2.45, 2.75) is 0 Å². The van der Waals surface area contributed by atoms with Gasteiger partial charge >= 0.3 is 5.97 Å². The van der Waals surface area contributed by atoms with E-state index in [0.717, 1.165) is 0 Å². The number of carbonyl (C=O) groups is 2. The zero-order valence-electron chi connectivity index (χ0n) is 10.7. The molecule has 1 amide bonds. The molecule has 1 aromatic rings.